The van der Waals surface area contributed by atoms with Crippen molar-refractivity contribution >= 4 is 34.6 Å². The molecule has 0 radical (unpaired) electrons. The lowest BCUT2D eigenvalue weighted by molar-refractivity contribution is 0.414. The first-order chi connectivity index (χ1) is 10.1. The van der Waals surface area contributed by atoms with Gasteiger partial charge >= 0.3 is 0 Å². The Morgan fingerprint density at radius 2 is 2.10 bits per heavy atom. The van der Waals surface area contributed by atoms with Crippen LogP contribution in [0, 0.1) is 0 Å². The van der Waals surface area contributed by atoms with Crippen molar-refractivity contribution in [2.45, 2.75) is 38.6 Å². The molecule has 0 aliphatic heterocycles. The number of benzene rings is 1. The lowest BCUT2D eigenvalue weighted by Crippen LogP contribution is -2.38. The van der Waals surface area contributed by atoms with Gasteiger partial charge in [0.2, 0.25) is 0 Å². The highest BCUT2D eigenvalue weighted by atomic mass is 35.5. The molecular weight excluding hydrogens is 306 g/mol. The summed E-state index contributed by atoms with van der Waals surface area (Å²) in [5, 5.41) is 8.80. The van der Waals surface area contributed by atoms with Crippen molar-refractivity contribution in [3.8, 4) is 5.75 Å². The highest BCUT2D eigenvalue weighted by Crippen LogP contribution is 2.23. The van der Waals surface area contributed by atoms with E-state index in [0.29, 0.717) is 16.2 Å². The fourth-order valence-corrected chi connectivity index (χ4v) is 2.83. The standard InChI is InChI=1S/C15H20ClN3OS/c1-10(13-9-11(16)7-8-14(13)20-2)18-19-15(21)17-12-5-3-4-6-12/h7-9,12H,3-6H2,1-2H3,(H2,17,19,21)/b18-10-. The van der Waals surface area contributed by atoms with Gasteiger partial charge in [0, 0.05) is 16.6 Å². The van der Waals surface area contributed by atoms with Crippen LogP contribution in [0.3, 0.4) is 0 Å². The molecule has 114 valence electrons. The number of methoxy groups -OCH3 is 1. The number of rotatable bonds is 4. The van der Waals surface area contributed by atoms with Crippen LogP contribution in [0.2, 0.25) is 5.02 Å². The smallest absolute Gasteiger partial charge is 0.187 e. The Labute approximate surface area is 135 Å². The van der Waals surface area contributed by atoms with E-state index in [0.717, 1.165) is 17.0 Å². The minimum atomic E-state index is 0.473. The molecule has 1 saturated carbocycles. The van der Waals surface area contributed by atoms with Crippen LogP contribution in [0.15, 0.2) is 23.3 Å². The third-order valence-corrected chi connectivity index (χ3v) is 4.01. The lowest BCUT2D eigenvalue weighted by Gasteiger charge is -2.14. The number of hydrazone groups is 1. The average Bonchev–Trinajstić information content (AvgIpc) is 2.97. The second-order valence-corrected chi connectivity index (χ2v) is 5.95. The largest absolute Gasteiger partial charge is 0.496 e. The third kappa shape index (κ3) is 4.58. The van der Waals surface area contributed by atoms with Gasteiger partial charge in [-0.3, -0.25) is 5.43 Å². The van der Waals surface area contributed by atoms with Crippen LogP contribution in [0.4, 0.5) is 0 Å². The number of thiocarbonyl (C=S) groups is 1. The molecule has 2 rings (SSSR count). The Balaban J connectivity index is 2.00. The van der Waals surface area contributed by atoms with Crippen LogP contribution in [0.1, 0.15) is 38.2 Å². The van der Waals surface area contributed by atoms with E-state index in [1.165, 1.54) is 25.7 Å². The number of ether oxygens (including phenoxy) is 1. The van der Waals surface area contributed by atoms with E-state index in [-0.39, 0.29) is 0 Å². The van der Waals surface area contributed by atoms with Crippen LogP contribution in [0.25, 0.3) is 0 Å². The number of hydrogen-bond acceptors (Lipinski definition) is 3. The number of hydrogen-bond donors (Lipinski definition) is 2. The van der Waals surface area contributed by atoms with Crippen LogP contribution in [-0.2, 0) is 0 Å². The zero-order valence-corrected chi connectivity index (χ0v) is 13.9. The molecule has 2 N–H and O–H groups in total. The average molecular weight is 326 g/mol. The topological polar surface area (TPSA) is 45.6 Å². The lowest BCUT2D eigenvalue weighted by atomic mass is 10.1. The van der Waals surface area contributed by atoms with Gasteiger partial charge in [-0.15, -0.1) is 0 Å². The molecule has 1 aromatic carbocycles. The highest BCUT2D eigenvalue weighted by Gasteiger charge is 2.15. The predicted octanol–water partition coefficient (Wildman–Crippen LogP) is 3.48. The van der Waals surface area contributed by atoms with E-state index < -0.39 is 0 Å². The molecule has 1 fully saturated rings. The summed E-state index contributed by atoms with van der Waals surface area (Å²) in [6.07, 6.45) is 4.88. The van der Waals surface area contributed by atoms with Gasteiger partial charge in [0.15, 0.2) is 5.11 Å². The summed E-state index contributed by atoms with van der Waals surface area (Å²) in [6.45, 7) is 1.89. The summed E-state index contributed by atoms with van der Waals surface area (Å²) < 4.78 is 5.32. The zero-order valence-electron chi connectivity index (χ0n) is 12.3. The fourth-order valence-electron chi connectivity index (χ4n) is 2.45. The van der Waals surface area contributed by atoms with Crippen LogP contribution in [-0.4, -0.2) is 24.0 Å². The van der Waals surface area contributed by atoms with Gasteiger partial charge in [0.1, 0.15) is 5.75 Å². The number of halogens is 1. The molecule has 0 saturated heterocycles. The minimum absolute atomic E-state index is 0.473. The first kappa shape index (κ1) is 16.0. The Hall–Kier alpha value is -1.33. The normalized spacial score (nSPS) is 15.9. The van der Waals surface area contributed by atoms with Gasteiger partial charge in [-0.2, -0.15) is 5.10 Å². The maximum absolute atomic E-state index is 6.02. The molecule has 4 nitrogen and oxygen atoms in total. The summed E-state index contributed by atoms with van der Waals surface area (Å²) in [5.41, 5.74) is 4.50. The summed E-state index contributed by atoms with van der Waals surface area (Å²) in [5.74, 6) is 0.733. The molecule has 0 spiro atoms. The Kier molecular flexibility index (Phi) is 5.82. The van der Waals surface area contributed by atoms with Crippen molar-refractivity contribution in [1.82, 2.24) is 10.7 Å². The zero-order chi connectivity index (χ0) is 15.2. The number of nitrogens with one attached hydrogen (secondary N) is 2. The second kappa shape index (κ2) is 7.61. The van der Waals surface area contributed by atoms with Crippen molar-refractivity contribution in [2.24, 2.45) is 5.10 Å². The van der Waals surface area contributed by atoms with E-state index in [2.05, 4.69) is 15.8 Å². The van der Waals surface area contributed by atoms with Gasteiger partial charge in [-0.1, -0.05) is 24.4 Å². The predicted molar refractivity (Wildman–Crippen MR) is 91.3 cm³/mol. The van der Waals surface area contributed by atoms with Crippen molar-refractivity contribution in [2.75, 3.05) is 7.11 Å². The molecule has 0 unspecified atom stereocenters. The molecular formula is C15H20ClN3OS. The number of nitrogens with zero attached hydrogens (tertiary/aromatic N) is 1. The van der Waals surface area contributed by atoms with E-state index >= 15 is 0 Å². The first-order valence-corrected chi connectivity index (χ1v) is 7.83. The van der Waals surface area contributed by atoms with Gasteiger partial charge in [-0.05, 0) is 50.2 Å². The van der Waals surface area contributed by atoms with Crippen molar-refractivity contribution < 1.29 is 4.74 Å². The second-order valence-electron chi connectivity index (χ2n) is 5.11. The minimum Gasteiger partial charge on any atom is -0.496 e. The van der Waals surface area contributed by atoms with Gasteiger partial charge in [0.05, 0.1) is 12.8 Å². The quantitative estimate of drug-likeness (QED) is 0.505. The molecule has 0 aromatic heterocycles. The van der Waals surface area contributed by atoms with Gasteiger partial charge in [0.25, 0.3) is 0 Å². The van der Waals surface area contributed by atoms with Crippen LogP contribution >= 0.6 is 23.8 Å². The molecule has 0 bridgehead atoms. The van der Waals surface area contributed by atoms with E-state index in [9.17, 15) is 0 Å². The van der Waals surface area contributed by atoms with E-state index in [4.69, 9.17) is 28.6 Å². The molecule has 1 aromatic rings. The van der Waals surface area contributed by atoms with Crippen molar-refractivity contribution in [3.05, 3.63) is 28.8 Å². The van der Waals surface area contributed by atoms with E-state index in [1.807, 2.05) is 19.1 Å². The molecule has 0 atom stereocenters. The van der Waals surface area contributed by atoms with Crippen LogP contribution < -0.4 is 15.5 Å². The molecule has 6 heteroatoms. The molecule has 1 aliphatic carbocycles. The highest BCUT2D eigenvalue weighted by molar-refractivity contribution is 7.80. The fraction of sp³-hybridized carbons (Fsp3) is 0.467. The SMILES string of the molecule is COc1ccc(Cl)cc1/C(C)=N\NC(=S)NC1CCCC1. The maximum atomic E-state index is 6.02. The van der Waals surface area contributed by atoms with Gasteiger partial charge in [-0.25, -0.2) is 0 Å². The molecule has 0 heterocycles. The van der Waals surface area contributed by atoms with E-state index in [1.54, 1.807) is 13.2 Å². The molecule has 21 heavy (non-hydrogen) atoms. The van der Waals surface area contributed by atoms with Crippen LogP contribution in [0.5, 0.6) is 5.75 Å². The Bertz CT molecular complexity index is 542. The van der Waals surface area contributed by atoms with Crippen molar-refractivity contribution in [1.29, 1.82) is 0 Å². The summed E-state index contributed by atoms with van der Waals surface area (Å²) >= 11 is 11.3. The third-order valence-electron chi connectivity index (χ3n) is 3.57. The summed E-state index contributed by atoms with van der Waals surface area (Å²) in [7, 11) is 1.62. The maximum Gasteiger partial charge on any atom is 0.187 e. The molecule has 1 aliphatic rings. The first-order valence-electron chi connectivity index (χ1n) is 7.05. The van der Waals surface area contributed by atoms with Crippen molar-refractivity contribution in [3.63, 3.8) is 0 Å². The summed E-state index contributed by atoms with van der Waals surface area (Å²) in [4.78, 5) is 0. The summed E-state index contributed by atoms with van der Waals surface area (Å²) in [6, 6.07) is 5.91. The Morgan fingerprint density at radius 3 is 2.76 bits per heavy atom. The monoisotopic (exact) mass is 325 g/mol. The Morgan fingerprint density at radius 1 is 1.38 bits per heavy atom. The molecule has 0 amide bonds. The van der Waals surface area contributed by atoms with Gasteiger partial charge < -0.3 is 10.1 Å².